The maximum absolute atomic E-state index is 13.8. The number of hydrogen-bond acceptors (Lipinski definition) is 4. The molecule has 0 saturated carbocycles. The summed E-state index contributed by atoms with van der Waals surface area (Å²) in [6.45, 7) is 5.90. The first-order chi connectivity index (χ1) is 9.15. The molecule has 0 heterocycles. The molecule has 0 unspecified atom stereocenters. The van der Waals surface area contributed by atoms with Gasteiger partial charge < -0.3 is 4.74 Å². The molecule has 0 bridgehead atoms. The van der Waals surface area contributed by atoms with Gasteiger partial charge in [-0.3, -0.25) is 10.1 Å². The van der Waals surface area contributed by atoms with Crippen molar-refractivity contribution in [2.45, 2.75) is 19.6 Å². The SMILES string of the molecule is COC(=O)c1cc(F)c(C#C[Si](C)(C)C)cc1[N+](=O)[O-]. The second kappa shape index (κ2) is 5.84. The Balaban J connectivity index is 3.44. The fraction of sp³-hybridized carbons (Fsp3) is 0.308. The topological polar surface area (TPSA) is 69.4 Å². The highest BCUT2D eigenvalue weighted by Crippen LogP contribution is 2.23. The minimum absolute atomic E-state index is 0.0909. The van der Waals surface area contributed by atoms with Crippen LogP contribution < -0.4 is 0 Å². The van der Waals surface area contributed by atoms with Crippen LogP contribution in [0.2, 0.25) is 19.6 Å². The molecule has 0 amide bonds. The zero-order valence-corrected chi connectivity index (χ0v) is 12.6. The summed E-state index contributed by atoms with van der Waals surface area (Å²) in [5.74, 6) is 0.878. The molecule has 1 aromatic carbocycles. The van der Waals surface area contributed by atoms with Gasteiger partial charge in [-0.25, -0.2) is 9.18 Å². The molecule has 7 heteroatoms. The number of nitro groups is 1. The van der Waals surface area contributed by atoms with Crippen molar-refractivity contribution in [1.82, 2.24) is 0 Å². The van der Waals surface area contributed by atoms with Crippen LogP contribution in [0.4, 0.5) is 10.1 Å². The van der Waals surface area contributed by atoms with Crippen LogP contribution in [0.25, 0.3) is 0 Å². The molecular formula is C13H14FNO4Si. The van der Waals surface area contributed by atoms with E-state index in [0.29, 0.717) is 0 Å². The van der Waals surface area contributed by atoms with Gasteiger partial charge in [0.25, 0.3) is 5.69 Å². The second-order valence-corrected chi connectivity index (χ2v) is 9.85. The van der Waals surface area contributed by atoms with Gasteiger partial charge in [-0.05, 0) is 6.07 Å². The van der Waals surface area contributed by atoms with Crippen LogP contribution in [0.3, 0.4) is 0 Å². The molecule has 0 aliphatic rings. The Hall–Kier alpha value is -2.20. The minimum atomic E-state index is -1.74. The lowest BCUT2D eigenvalue weighted by atomic mass is 10.1. The van der Waals surface area contributed by atoms with Gasteiger partial charge in [0.2, 0.25) is 0 Å². The van der Waals surface area contributed by atoms with Crippen molar-refractivity contribution in [1.29, 1.82) is 0 Å². The number of esters is 1. The Bertz CT molecular complexity index is 626. The highest BCUT2D eigenvalue weighted by Gasteiger charge is 2.24. The van der Waals surface area contributed by atoms with E-state index >= 15 is 0 Å². The Morgan fingerprint density at radius 2 is 2.00 bits per heavy atom. The zero-order valence-electron chi connectivity index (χ0n) is 11.6. The Morgan fingerprint density at radius 3 is 2.45 bits per heavy atom. The molecule has 0 atom stereocenters. The smallest absolute Gasteiger partial charge is 0.344 e. The van der Waals surface area contributed by atoms with Gasteiger partial charge in [0.05, 0.1) is 17.6 Å². The third kappa shape index (κ3) is 3.90. The third-order valence-electron chi connectivity index (χ3n) is 2.26. The fourth-order valence-corrected chi connectivity index (χ4v) is 1.85. The number of ether oxygens (including phenoxy) is 1. The van der Waals surface area contributed by atoms with E-state index in [1.807, 2.05) is 19.6 Å². The van der Waals surface area contributed by atoms with Crippen LogP contribution in [0.15, 0.2) is 12.1 Å². The maximum Gasteiger partial charge on any atom is 0.344 e. The predicted octanol–water partition coefficient (Wildman–Crippen LogP) is 2.75. The molecule has 0 N–H and O–H groups in total. The summed E-state index contributed by atoms with van der Waals surface area (Å²) >= 11 is 0. The van der Waals surface area contributed by atoms with Crippen molar-refractivity contribution in [3.63, 3.8) is 0 Å². The number of carbonyl (C=O) groups is 1. The number of carbonyl (C=O) groups excluding carboxylic acids is 1. The van der Waals surface area contributed by atoms with Gasteiger partial charge in [-0.1, -0.05) is 25.6 Å². The van der Waals surface area contributed by atoms with Crippen molar-refractivity contribution >= 4 is 19.7 Å². The maximum atomic E-state index is 13.8. The third-order valence-corrected chi connectivity index (χ3v) is 3.13. The number of nitrogens with zero attached hydrogens (tertiary/aromatic N) is 1. The van der Waals surface area contributed by atoms with Gasteiger partial charge in [0.1, 0.15) is 19.5 Å². The second-order valence-electron chi connectivity index (χ2n) is 5.10. The molecule has 1 aromatic rings. The van der Waals surface area contributed by atoms with Crippen LogP contribution >= 0.6 is 0 Å². The van der Waals surface area contributed by atoms with Crippen molar-refractivity contribution in [3.8, 4) is 11.5 Å². The number of rotatable bonds is 2. The van der Waals surface area contributed by atoms with Crippen LogP contribution in [-0.4, -0.2) is 26.1 Å². The summed E-state index contributed by atoms with van der Waals surface area (Å²) in [5, 5.41) is 10.9. The standard InChI is InChI=1S/C13H14FNO4Si/c1-19-13(16)10-8-11(14)9(5-6-20(2,3)4)7-12(10)15(17)18/h7-8H,1-4H3. The Kier molecular flexibility index (Phi) is 4.63. The lowest BCUT2D eigenvalue weighted by Gasteiger charge is -2.05. The van der Waals surface area contributed by atoms with E-state index in [2.05, 4.69) is 16.2 Å². The Labute approximate surface area is 116 Å². The molecule has 1 rings (SSSR count). The van der Waals surface area contributed by atoms with Gasteiger partial charge in [-0.2, -0.15) is 0 Å². The Morgan fingerprint density at radius 1 is 1.40 bits per heavy atom. The van der Waals surface area contributed by atoms with Gasteiger partial charge in [0, 0.05) is 6.07 Å². The normalized spacial score (nSPS) is 10.4. The first-order valence-electron chi connectivity index (χ1n) is 5.75. The van der Waals surface area contributed by atoms with Crippen LogP contribution in [0, 0.1) is 27.4 Å². The van der Waals surface area contributed by atoms with E-state index in [1.165, 1.54) is 0 Å². The molecular weight excluding hydrogens is 281 g/mol. The summed E-state index contributed by atoms with van der Waals surface area (Å²) in [6.07, 6.45) is 0. The van der Waals surface area contributed by atoms with Crippen molar-refractivity contribution in [2.24, 2.45) is 0 Å². The minimum Gasteiger partial charge on any atom is -0.465 e. The van der Waals surface area contributed by atoms with E-state index in [-0.39, 0.29) is 5.56 Å². The average Bonchev–Trinajstić information content (AvgIpc) is 2.34. The molecule has 5 nitrogen and oxygen atoms in total. The summed E-state index contributed by atoms with van der Waals surface area (Å²) in [4.78, 5) is 21.6. The van der Waals surface area contributed by atoms with Crippen molar-refractivity contribution < 1.29 is 18.8 Å². The molecule has 0 fully saturated rings. The summed E-state index contributed by atoms with van der Waals surface area (Å²) < 4.78 is 18.2. The first-order valence-corrected chi connectivity index (χ1v) is 9.25. The molecule has 0 spiro atoms. The molecule has 0 radical (unpaired) electrons. The summed E-state index contributed by atoms with van der Waals surface area (Å²) in [6, 6.07) is 1.76. The fourth-order valence-electron chi connectivity index (χ4n) is 1.34. The number of hydrogen-bond donors (Lipinski definition) is 0. The highest BCUT2D eigenvalue weighted by atomic mass is 28.3. The lowest BCUT2D eigenvalue weighted by Crippen LogP contribution is -2.16. The summed E-state index contributed by atoms with van der Waals surface area (Å²) in [5.41, 5.74) is 1.89. The van der Waals surface area contributed by atoms with E-state index < -0.39 is 36.0 Å². The molecule has 0 saturated heterocycles. The largest absolute Gasteiger partial charge is 0.465 e. The number of halogens is 1. The van der Waals surface area contributed by atoms with Crippen LogP contribution in [0.5, 0.6) is 0 Å². The summed E-state index contributed by atoms with van der Waals surface area (Å²) in [7, 11) is -0.667. The van der Waals surface area contributed by atoms with E-state index in [4.69, 9.17) is 0 Å². The highest BCUT2D eigenvalue weighted by molar-refractivity contribution is 6.83. The molecule has 0 aromatic heterocycles. The zero-order chi connectivity index (χ0) is 15.5. The quantitative estimate of drug-likeness (QED) is 0.276. The molecule has 0 aliphatic heterocycles. The number of methoxy groups -OCH3 is 1. The van der Waals surface area contributed by atoms with Gasteiger partial charge in [0.15, 0.2) is 0 Å². The monoisotopic (exact) mass is 295 g/mol. The van der Waals surface area contributed by atoms with Crippen LogP contribution in [-0.2, 0) is 4.74 Å². The van der Waals surface area contributed by atoms with Crippen molar-refractivity contribution in [3.05, 3.63) is 39.2 Å². The van der Waals surface area contributed by atoms with E-state index in [9.17, 15) is 19.3 Å². The molecule has 20 heavy (non-hydrogen) atoms. The molecule has 106 valence electrons. The van der Waals surface area contributed by atoms with Gasteiger partial charge in [-0.15, -0.1) is 5.54 Å². The number of benzene rings is 1. The lowest BCUT2D eigenvalue weighted by molar-refractivity contribution is -0.385. The van der Waals surface area contributed by atoms with E-state index in [0.717, 1.165) is 19.2 Å². The molecule has 0 aliphatic carbocycles. The van der Waals surface area contributed by atoms with E-state index in [1.54, 1.807) is 0 Å². The predicted molar refractivity (Wildman–Crippen MR) is 74.6 cm³/mol. The first kappa shape index (κ1) is 15.9. The van der Waals surface area contributed by atoms with Gasteiger partial charge >= 0.3 is 5.97 Å². The average molecular weight is 295 g/mol. The van der Waals surface area contributed by atoms with Crippen molar-refractivity contribution in [2.75, 3.05) is 7.11 Å². The number of nitro benzene ring substituents is 1. The van der Waals surface area contributed by atoms with Crippen LogP contribution in [0.1, 0.15) is 15.9 Å².